The second kappa shape index (κ2) is 8.53. The average Bonchev–Trinajstić information content (AvgIpc) is 2.87. The van der Waals surface area contributed by atoms with Crippen LogP contribution in [0.3, 0.4) is 0 Å². The van der Waals surface area contributed by atoms with E-state index in [4.69, 9.17) is 0 Å². The van der Waals surface area contributed by atoms with E-state index >= 15 is 0 Å². The lowest BCUT2D eigenvalue weighted by Crippen LogP contribution is -2.38. The number of carbonyl (C=O) groups excluding carboxylic acids is 2. The van der Waals surface area contributed by atoms with Gasteiger partial charge in [0.05, 0.1) is 5.69 Å². The Morgan fingerprint density at radius 1 is 1.00 bits per heavy atom. The summed E-state index contributed by atoms with van der Waals surface area (Å²) in [7, 11) is 0. The van der Waals surface area contributed by atoms with Gasteiger partial charge in [0.2, 0.25) is 11.8 Å². The third-order valence-corrected chi connectivity index (χ3v) is 6.30. The van der Waals surface area contributed by atoms with Crippen LogP contribution in [0, 0.1) is 6.92 Å². The van der Waals surface area contributed by atoms with Gasteiger partial charge in [-0.15, -0.1) is 11.8 Å². The molecule has 0 radical (unpaired) electrons. The average molecular weight is 403 g/mol. The second-order valence-electron chi connectivity index (χ2n) is 7.03. The van der Waals surface area contributed by atoms with Crippen molar-refractivity contribution in [3.05, 3.63) is 90.0 Å². The lowest BCUT2D eigenvalue weighted by atomic mass is 10.1. The predicted molar refractivity (Wildman–Crippen MR) is 118 cm³/mol. The van der Waals surface area contributed by atoms with Gasteiger partial charge in [-0.25, -0.2) is 0 Å². The summed E-state index contributed by atoms with van der Waals surface area (Å²) >= 11 is 1.68. The Bertz CT molecular complexity index is 1040. The standard InChI is InChI=1S/C24H22N2O2S/c1-17-9-5-6-12-19(17)25-23(27)16-26-20-13-7-8-14-21(20)29-22(15-24(26)28)18-10-3-2-4-11-18/h2-14,22H,15-16H2,1H3,(H,25,27). The van der Waals surface area contributed by atoms with Crippen LogP contribution in [0.5, 0.6) is 0 Å². The van der Waals surface area contributed by atoms with E-state index in [1.807, 2.05) is 85.8 Å². The maximum Gasteiger partial charge on any atom is 0.244 e. The summed E-state index contributed by atoms with van der Waals surface area (Å²) in [6.45, 7) is 1.94. The van der Waals surface area contributed by atoms with Crippen molar-refractivity contribution in [2.45, 2.75) is 23.5 Å². The summed E-state index contributed by atoms with van der Waals surface area (Å²) in [6.07, 6.45) is 0.348. The first-order valence-electron chi connectivity index (χ1n) is 9.58. The van der Waals surface area contributed by atoms with Gasteiger partial charge in [0.15, 0.2) is 0 Å². The number of anilines is 2. The number of nitrogens with zero attached hydrogens (tertiary/aromatic N) is 1. The maximum absolute atomic E-state index is 13.1. The lowest BCUT2D eigenvalue weighted by molar-refractivity contribution is -0.121. The minimum absolute atomic E-state index is 0.00769. The van der Waals surface area contributed by atoms with E-state index in [9.17, 15) is 9.59 Å². The van der Waals surface area contributed by atoms with E-state index in [0.29, 0.717) is 6.42 Å². The molecule has 0 aromatic heterocycles. The summed E-state index contributed by atoms with van der Waals surface area (Å²) in [6, 6.07) is 25.5. The number of amides is 2. The highest BCUT2D eigenvalue weighted by Crippen LogP contribution is 2.45. The Hall–Kier alpha value is -3.05. The van der Waals surface area contributed by atoms with Crippen molar-refractivity contribution in [1.29, 1.82) is 0 Å². The largest absolute Gasteiger partial charge is 0.324 e. The number of carbonyl (C=O) groups is 2. The van der Waals surface area contributed by atoms with E-state index < -0.39 is 0 Å². The van der Waals surface area contributed by atoms with E-state index in [1.54, 1.807) is 16.7 Å². The summed E-state index contributed by atoms with van der Waals surface area (Å²) in [4.78, 5) is 28.5. The molecule has 5 heteroatoms. The SMILES string of the molecule is Cc1ccccc1NC(=O)CN1C(=O)CC(c2ccccc2)Sc2ccccc21. The summed E-state index contributed by atoms with van der Waals surface area (Å²) in [5.74, 6) is -0.248. The maximum atomic E-state index is 13.1. The second-order valence-corrected chi connectivity index (χ2v) is 8.28. The molecule has 3 aromatic rings. The highest BCUT2D eigenvalue weighted by atomic mass is 32.2. The van der Waals surface area contributed by atoms with Gasteiger partial charge in [0, 0.05) is 22.3 Å². The fourth-order valence-corrected chi connectivity index (χ4v) is 4.73. The zero-order valence-electron chi connectivity index (χ0n) is 16.2. The van der Waals surface area contributed by atoms with Crippen molar-refractivity contribution in [2.24, 2.45) is 0 Å². The molecule has 1 aliphatic heterocycles. The van der Waals surface area contributed by atoms with Crippen molar-refractivity contribution >= 4 is 35.0 Å². The van der Waals surface area contributed by atoms with Gasteiger partial charge in [-0.1, -0.05) is 60.7 Å². The molecule has 0 bridgehead atoms. The molecule has 29 heavy (non-hydrogen) atoms. The monoisotopic (exact) mass is 402 g/mol. The smallest absolute Gasteiger partial charge is 0.244 e. The number of hydrogen-bond acceptors (Lipinski definition) is 3. The van der Waals surface area contributed by atoms with E-state index in [-0.39, 0.29) is 23.6 Å². The highest BCUT2D eigenvalue weighted by Gasteiger charge is 2.30. The van der Waals surface area contributed by atoms with Crippen molar-refractivity contribution in [1.82, 2.24) is 0 Å². The third-order valence-electron chi connectivity index (χ3n) is 4.98. The number of fused-ring (bicyclic) bond motifs is 1. The predicted octanol–water partition coefficient (Wildman–Crippen LogP) is 5.20. The van der Waals surface area contributed by atoms with Crippen molar-refractivity contribution in [3.63, 3.8) is 0 Å². The quantitative estimate of drug-likeness (QED) is 0.652. The zero-order chi connectivity index (χ0) is 20.2. The van der Waals surface area contributed by atoms with Crippen molar-refractivity contribution in [2.75, 3.05) is 16.8 Å². The van der Waals surface area contributed by atoms with Gasteiger partial charge < -0.3 is 10.2 Å². The van der Waals surface area contributed by atoms with Gasteiger partial charge in [-0.05, 0) is 36.2 Å². The van der Waals surface area contributed by atoms with Crippen molar-refractivity contribution < 1.29 is 9.59 Å². The van der Waals surface area contributed by atoms with Crippen LogP contribution in [-0.2, 0) is 9.59 Å². The Balaban J connectivity index is 1.59. The lowest BCUT2D eigenvalue weighted by Gasteiger charge is -2.22. The van der Waals surface area contributed by atoms with Gasteiger partial charge in [0.25, 0.3) is 0 Å². The molecule has 0 saturated carbocycles. The van der Waals surface area contributed by atoms with Crippen LogP contribution < -0.4 is 10.2 Å². The summed E-state index contributed by atoms with van der Waals surface area (Å²) in [5, 5.41) is 2.96. The molecule has 3 aromatic carbocycles. The van der Waals surface area contributed by atoms with Gasteiger partial charge >= 0.3 is 0 Å². The van der Waals surface area contributed by atoms with Crippen LogP contribution >= 0.6 is 11.8 Å². The molecule has 4 nitrogen and oxygen atoms in total. The minimum atomic E-state index is -0.203. The number of para-hydroxylation sites is 2. The molecule has 1 atom stereocenters. The first kappa shape index (κ1) is 19.3. The van der Waals surface area contributed by atoms with Crippen LogP contribution in [0.4, 0.5) is 11.4 Å². The van der Waals surface area contributed by atoms with Gasteiger partial charge in [0.1, 0.15) is 6.54 Å². The zero-order valence-corrected chi connectivity index (χ0v) is 17.0. The Morgan fingerprint density at radius 2 is 1.69 bits per heavy atom. The topological polar surface area (TPSA) is 49.4 Å². The molecular formula is C24H22N2O2S. The van der Waals surface area contributed by atoms with Crippen LogP contribution in [-0.4, -0.2) is 18.4 Å². The fourth-order valence-electron chi connectivity index (χ4n) is 3.45. The molecule has 4 rings (SSSR count). The Labute approximate surface area is 174 Å². The molecule has 1 heterocycles. The molecule has 0 saturated heterocycles. The molecule has 0 spiro atoms. The van der Waals surface area contributed by atoms with Crippen LogP contribution in [0.25, 0.3) is 0 Å². The molecule has 1 aliphatic rings. The molecule has 0 aliphatic carbocycles. The number of thioether (sulfide) groups is 1. The molecule has 2 amide bonds. The Morgan fingerprint density at radius 3 is 2.48 bits per heavy atom. The fraction of sp³-hybridized carbons (Fsp3) is 0.167. The van der Waals surface area contributed by atoms with Crippen LogP contribution in [0.15, 0.2) is 83.8 Å². The first-order valence-corrected chi connectivity index (χ1v) is 10.5. The molecule has 1 unspecified atom stereocenters. The van der Waals surface area contributed by atoms with E-state index in [1.165, 1.54) is 0 Å². The summed E-state index contributed by atoms with van der Waals surface area (Å²) < 4.78 is 0. The minimum Gasteiger partial charge on any atom is -0.324 e. The number of rotatable bonds is 4. The summed E-state index contributed by atoms with van der Waals surface area (Å²) in [5.41, 5.74) is 3.67. The molecule has 146 valence electrons. The molecule has 1 N–H and O–H groups in total. The van der Waals surface area contributed by atoms with Crippen molar-refractivity contribution in [3.8, 4) is 0 Å². The first-order chi connectivity index (χ1) is 14.1. The Kier molecular flexibility index (Phi) is 5.67. The van der Waals surface area contributed by atoms with E-state index in [0.717, 1.165) is 27.4 Å². The van der Waals surface area contributed by atoms with Crippen LogP contribution in [0.1, 0.15) is 22.8 Å². The molecule has 0 fully saturated rings. The van der Waals surface area contributed by atoms with Gasteiger partial charge in [-0.3, -0.25) is 9.59 Å². The number of nitrogens with one attached hydrogen (secondary N) is 1. The van der Waals surface area contributed by atoms with Crippen LogP contribution in [0.2, 0.25) is 0 Å². The third kappa shape index (κ3) is 4.35. The highest BCUT2D eigenvalue weighted by molar-refractivity contribution is 7.99. The van der Waals surface area contributed by atoms with Gasteiger partial charge in [-0.2, -0.15) is 0 Å². The normalized spacial score (nSPS) is 16.1. The molecular weight excluding hydrogens is 380 g/mol. The number of aryl methyl sites for hydroxylation is 1. The number of benzene rings is 3. The number of hydrogen-bond donors (Lipinski definition) is 1. The van der Waals surface area contributed by atoms with E-state index in [2.05, 4.69) is 5.32 Å².